The van der Waals surface area contributed by atoms with Crippen LogP contribution in [0.25, 0.3) is 0 Å². The van der Waals surface area contributed by atoms with Gasteiger partial charge in [0.15, 0.2) is 11.6 Å². The fourth-order valence-corrected chi connectivity index (χ4v) is 2.87. The Labute approximate surface area is 152 Å². The minimum absolute atomic E-state index is 0.00751. The van der Waals surface area contributed by atoms with E-state index in [9.17, 15) is 9.18 Å². The normalized spacial score (nSPS) is 16.0. The molecule has 1 aliphatic rings. The van der Waals surface area contributed by atoms with Crippen molar-refractivity contribution in [2.45, 2.75) is 52.0 Å². The number of carbonyl (C=O) groups excluding carboxylic acids is 1. The Balaban J connectivity index is 1.77. The number of nitrogens with one attached hydrogen (secondary N) is 1. The van der Waals surface area contributed by atoms with Gasteiger partial charge in [-0.2, -0.15) is 4.98 Å². The quantitative estimate of drug-likeness (QED) is 0.905. The predicted molar refractivity (Wildman–Crippen MR) is 98.6 cm³/mol. The van der Waals surface area contributed by atoms with Gasteiger partial charge in [0.1, 0.15) is 0 Å². The highest BCUT2D eigenvalue weighted by atomic mass is 19.1. The van der Waals surface area contributed by atoms with Crippen molar-refractivity contribution in [2.24, 2.45) is 0 Å². The average Bonchev–Trinajstić information content (AvgIpc) is 3.02. The molecule has 1 fully saturated rings. The van der Waals surface area contributed by atoms with Gasteiger partial charge in [-0.25, -0.2) is 9.37 Å². The highest BCUT2D eigenvalue weighted by molar-refractivity contribution is 5.94. The van der Waals surface area contributed by atoms with E-state index in [0.717, 1.165) is 17.5 Å². The lowest BCUT2D eigenvalue weighted by molar-refractivity contribution is -0.117. The number of carbonyl (C=O) groups is 1. The zero-order valence-corrected chi connectivity index (χ0v) is 15.6. The summed E-state index contributed by atoms with van der Waals surface area (Å²) < 4.78 is 14.1. The van der Waals surface area contributed by atoms with Crippen molar-refractivity contribution in [3.8, 4) is 0 Å². The van der Waals surface area contributed by atoms with E-state index in [1.54, 1.807) is 0 Å². The summed E-state index contributed by atoms with van der Waals surface area (Å²) in [6, 6.07) is 3.91. The van der Waals surface area contributed by atoms with Crippen molar-refractivity contribution in [1.82, 2.24) is 15.0 Å². The van der Waals surface area contributed by atoms with Gasteiger partial charge in [0.25, 0.3) is 0 Å². The van der Waals surface area contributed by atoms with Gasteiger partial charge in [-0.15, -0.1) is 0 Å². The fraction of sp³-hybridized carbons (Fsp3) is 0.474. The lowest BCUT2D eigenvalue weighted by Crippen LogP contribution is -2.26. The standard InChI is InChI=1S/C19H24FN5O/c1-12(13-7-8-15(21-10-13)19(2,3)4)23-18-22-11-14(20)17(24-18)25-9-5-6-16(25)26/h7-8,10-12H,5-6,9H2,1-4H3,(H,22,23,24)/t12-/m0/s1. The van der Waals surface area contributed by atoms with Gasteiger partial charge < -0.3 is 5.32 Å². The molecule has 1 atom stereocenters. The van der Waals surface area contributed by atoms with Crippen LogP contribution in [-0.4, -0.2) is 27.4 Å². The number of rotatable bonds is 4. The first kappa shape index (κ1) is 18.2. The summed E-state index contributed by atoms with van der Waals surface area (Å²) in [5.41, 5.74) is 1.98. The van der Waals surface area contributed by atoms with E-state index in [-0.39, 0.29) is 29.1 Å². The average molecular weight is 357 g/mol. The number of amides is 1. The summed E-state index contributed by atoms with van der Waals surface area (Å²) in [4.78, 5) is 26.0. The minimum Gasteiger partial charge on any atom is -0.348 e. The molecule has 0 bridgehead atoms. The van der Waals surface area contributed by atoms with Crippen molar-refractivity contribution in [3.05, 3.63) is 41.6 Å². The molecular weight excluding hydrogens is 333 g/mol. The molecule has 2 aromatic heterocycles. The van der Waals surface area contributed by atoms with Gasteiger partial charge >= 0.3 is 0 Å². The Morgan fingerprint density at radius 1 is 1.23 bits per heavy atom. The molecule has 2 aromatic rings. The van der Waals surface area contributed by atoms with Crippen LogP contribution in [0.1, 0.15) is 57.8 Å². The summed E-state index contributed by atoms with van der Waals surface area (Å²) in [6.45, 7) is 8.79. The molecule has 1 aliphatic heterocycles. The Hall–Kier alpha value is -2.57. The van der Waals surface area contributed by atoms with E-state index in [2.05, 4.69) is 41.0 Å². The van der Waals surface area contributed by atoms with Gasteiger partial charge in [0.05, 0.1) is 12.2 Å². The van der Waals surface area contributed by atoms with E-state index >= 15 is 0 Å². The summed E-state index contributed by atoms with van der Waals surface area (Å²) in [7, 11) is 0. The van der Waals surface area contributed by atoms with Crippen molar-refractivity contribution in [3.63, 3.8) is 0 Å². The molecule has 3 heterocycles. The molecule has 7 heteroatoms. The smallest absolute Gasteiger partial charge is 0.228 e. The van der Waals surface area contributed by atoms with Crippen LogP contribution in [0.5, 0.6) is 0 Å². The molecule has 3 rings (SSSR count). The first-order valence-corrected chi connectivity index (χ1v) is 8.81. The molecule has 0 aromatic carbocycles. The highest BCUT2D eigenvalue weighted by Crippen LogP contribution is 2.25. The van der Waals surface area contributed by atoms with Gasteiger partial charge in [0, 0.05) is 30.3 Å². The molecule has 6 nitrogen and oxygen atoms in total. The minimum atomic E-state index is -0.588. The zero-order valence-electron chi connectivity index (χ0n) is 15.6. The molecule has 0 aliphatic carbocycles. The van der Waals surface area contributed by atoms with Crippen molar-refractivity contribution in [2.75, 3.05) is 16.8 Å². The third kappa shape index (κ3) is 3.81. The van der Waals surface area contributed by atoms with Crippen LogP contribution < -0.4 is 10.2 Å². The third-order valence-corrected chi connectivity index (χ3v) is 4.46. The van der Waals surface area contributed by atoms with Gasteiger partial charge in [-0.3, -0.25) is 14.7 Å². The van der Waals surface area contributed by atoms with Crippen LogP contribution in [0.3, 0.4) is 0 Å². The third-order valence-electron chi connectivity index (χ3n) is 4.46. The van der Waals surface area contributed by atoms with Crippen molar-refractivity contribution in [1.29, 1.82) is 0 Å². The summed E-state index contributed by atoms with van der Waals surface area (Å²) in [6.07, 6.45) is 4.07. The molecule has 1 N–H and O–H groups in total. The molecular formula is C19H24FN5O. The molecule has 1 saturated heterocycles. The molecule has 1 amide bonds. The predicted octanol–water partition coefficient (Wildman–Crippen LogP) is 3.61. The number of aromatic nitrogens is 3. The first-order chi connectivity index (χ1) is 12.3. The fourth-order valence-electron chi connectivity index (χ4n) is 2.87. The molecule has 0 saturated carbocycles. The van der Waals surface area contributed by atoms with Crippen LogP contribution in [0.2, 0.25) is 0 Å². The van der Waals surface area contributed by atoms with Crippen molar-refractivity contribution >= 4 is 17.7 Å². The number of pyridine rings is 1. The second-order valence-corrected chi connectivity index (χ2v) is 7.61. The molecule has 0 spiro atoms. The van der Waals surface area contributed by atoms with E-state index in [1.807, 2.05) is 25.3 Å². The van der Waals surface area contributed by atoms with E-state index in [4.69, 9.17) is 0 Å². The van der Waals surface area contributed by atoms with Gasteiger partial charge in [-0.1, -0.05) is 26.8 Å². The molecule has 0 unspecified atom stereocenters. The lowest BCUT2D eigenvalue weighted by atomic mass is 9.91. The maximum absolute atomic E-state index is 14.1. The van der Waals surface area contributed by atoms with Gasteiger partial charge in [-0.05, 0) is 25.0 Å². The number of halogens is 1. The summed E-state index contributed by atoms with van der Waals surface area (Å²) in [5.74, 6) is -0.370. The number of anilines is 2. The van der Waals surface area contributed by atoms with Crippen LogP contribution in [0, 0.1) is 5.82 Å². The Bertz CT molecular complexity index is 801. The number of hydrogen-bond donors (Lipinski definition) is 1. The van der Waals surface area contributed by atoms with Gasteiger partial charge in [0.2, 0.25) is 11.9 Å². The molecule has 138 valence electrons. The van der Waals surface area contributed by atoms with Crippen molar-refractivity contribution < 1.29 is 9.18 Å². The van der Waals surface area contributed by atoms with E-state index in [1.165, 1.54) is 4.90 Å². The van der Waals surface area contributed by atoms with Crippen LogP contribution in [0.4, 0.5) is 16.2 Å². The van der Waals surface area contributed by atoms with E-state index in [0.29, 0.717) is 19.4 Å². The second kappa shape index (κ2) is 6.97. The number of nitrogens with zero attached hydrogens (tertiary/aromatic N) is 4. The maximum Gasteiger partial charge on any atom is 0.228 e. The summed E-state index contributed by atoms with van der Waals surface area (Å²) >= 11 is 0. The Kier molecular flexibility index (Phi) is 4.89. The summed E-state index contributed by atoms with van der Waals surface area (Å²) in [5, 5.41) is 3.16. The zero-order chi connectivity index (χ0) is 18.9. The second-order valence-electron chi connectivity index (χ2n) is 7.61. The van der Waals surface area contributed by atoms with Crippen LogP contribution >= 0.6 is 0 Å². The first-order valence-electron chi connectivity index (χ1n) is 8.81. The largest absolute Gasteiger partial charge is 0.348 e. The number of hydrogen-bond acceptors (Lipinski definition) is 5. The SMILES string of the molecule is C[C@H](Nc1ncc(F)c(N2CCCC2=O)n1)c1ccc(C(C)(C)C)nc1. The van der Waals surface area contributed by atoms with Crippen LogP contribution in [-0.2, 0) is 10.2 Å². The Morgan fingerprint density at radius 2 is 2.00 bits per heavy atom. The maximum atomic E-state index is 14.1. The topological polar surface area (TPSA) is 71.0 Å². The van der Waals surface area contributed by atoms with E-state index < -0.39 is 5.82 Å². The van der Waals surface area contributed by atoms with Crippen LogP contribution in [0.15, 0.2) is 24.5 Å². The lowest BCUT2D eigenvalue weighted by Gasteiger charge is -2.20. The molecule has 26 heavy (non-hydrogen) atoms. The molecule has 0 radical (unpaired) electrons. The monoisotopic (exact) mass is 357 g/mol. The Morgan fingerprint density at radius 3 is 2.58 bits per heavy atom. The highest BCUT2D eigenvalue weighted by Gasteiger charge is 2.26.